The molecule has 2 heterocycles. The van der Waals surface area contributed by atoms with E-state index in [1.165, 1.54) is 4.68 Å². The summed E-state index contributed by atoms with van der Waals surface area (Å²) in [6.07, 6.45) is 0.628. The summed E-state index contributed by atoms with van der Waals surface area (Å²) >= 11 is 6.10. The number of hydrogen-bond acceptors (Lipinski definition) is 4. The molecule has 8 heteroatoms. The van der Waals surface area contributed by atoms with Crippen LogP contribution in [0.25, 0.3) is 0 Å². The number of benzene rings is 1. The minimum atomic E-state index is -0.693. The largest absolute Gasteiger partial charge is 0.325 e. The van der Waals surface area contributed by atoms with Crippen LogP contribution in [-0.4, -0.2) is 26.6 Å². The van der Waals surface area contributed by atoms with Gasteiger partial charge in [0.2, 0.25) is 11.9 Å². The van der Waals surface area contributed by atoms with Gasteiger partial charge in [0, 0.05) is 6.42 Å². The number of fused-ring (bicyclic) bond motifs is 1. The fraction of sp³-hybridized carbons (Fsp3) is 0.333. The standard InChI is InChI=1S/C15H16ClN5O2/c1-3-12-18-15-19-14(23)11(21(15)20-12)7-13(22)17-10-5-4-8(2)6-9(10)16/h4-6,11H,3,7H2,1-2H3,(H,17,22)(H,18,19,20,23)/t11-/m0/s1. The van der Waals surface area contributed by atoms with Gasteiger partial charge in [0.15, 0.2) is 5.82 Å². The maximum absolute atomic E-state index is 12.2. The number of halogens is 1. The second-order valence-corrected chi connectivity index (χ2v) is 5.80. The third-order valence-corrected chi connectivity index (χ3v) is 3.91. The van der Waals surface area contributed by atoms with Crippen LogP contribution in [-0.2, 0) is 16.0 Å². The number of nitrogens with one attached hydrogen (secondary N) is 2. The predicted octanol–water partition coefficient (Wildman–Crippen LogP) is 2.32. The van der Waals surface area contributed by atoms with Gasteiger partial charge in [-0.25, -0.2) is 4.68 Å². The lowest BCUT2D eigenvalue weighted by Crippen LogP contribution is -2.24. The van der Waals surface area contributed by atoms with E-state index in [9.17, 15) is 9.59 Å². The van der Waals surface area contributed by atoms with E-state index >= 15 is 0 Å². The Morgan fingerprint density at radius 2 is 2.26 bits per heavy atom. The molecule has 1 aliphatic rings. The van der Waals surface area contributed by atoms with Gasteiger partial charge in [0.1, 0.15) is 6.04 Å². The minimum Gasteiger partial charge on any atom is -0.325 e. The normalized spacial score (nSPS) is 16.1. The molecule has 23 heavy (non-hydrogen) atoms. The molecule has 2 amide bonds. The van der Waals surface area contributed by atoms with Crippen molar-refractivity contribution in [2.45, 2.75) is 32.7 Å². The van der Waals surface area contributed by atoms with Crippen molar-refractivity contribution >= 4 is 35.1 Å². The molecule has 7 nitrogen and oxygen atoms in total. The van der Waals surface area contributed by atoms with Crippen molar-refractivity contribution in [3.8, 4) is 0 Å². The molecule has 1 aromatic heterocycles. The number of aromatic nitrogens is 3. The highest BCUT2D eigenvalue weighted by Gasteiger charge is 2.34. The molecule has 2 aromatic rings. The lowest BCUT2D eigenvalue weighted by Gasteiger charge is -2.11. The Labute approximate surface area is 138 Å². The summed E-state index contributed by atoms with van der Waals surface area (Å²) in [6, 6.07) is 4.66. The average molecular weight is 334 g/mol. The number of nitrogens with zero attached hydrogens (tertiary/aromatic N) is 3. The van der Waals surface area contributed by atoms with Crippen LogP contribution >= 0.6 is 11.6 Å². The maximum Gasteiger partial charge on any atom is 0.252 e. The molecular weight excluding hydrogens is 318 g/mol. The van der Waals surface area contributed by atoms with E-state index in [2.05, 4.69) is 20.7 Å². The number of amides is 2. The Hall–Kier alpha value is -2.41. The van der Waals surface area contributed by atoms with Crippen molar-refractivity contribution in [1.82, 2.24) is 14.8 Å². The highest BCUT2D eigenvalue weighted by atomic mass is 35.5. The number of rotatable bonds is 4. The molecule has 0 saturated heterocycles. The van der Waals surface area contributed by atoms with Crippen LogP contribution in [0.5, 0.6) is 0 Å². The van der Waals surface area contributed by atoms with E-state index in [-0.39, 0.29) is 18.2 Å². The van der Waals surface area contributed by atoms with Gasteiger partial charge in [0.05, 0.1) is 17.1 Å². The Bertz CT molecular complexity index is 786. The van der Waals surface area contributed by atoms with Crippen molar-refractivity contribution in [3.05, 3.63) is 34.6 Å². The summed E-state index contributed by atoms with van der Waals surface area (Å²) in [6.45, 7) is 3.84. The Morgan fingerprint density at radius 1 is 1.48 bits per heavy atom. The van der Waals surface area contributed by atoms with E-state index in [1.807, 2.05) is 19.9 Å². The first kappa shape index (κ1) is 15.5. The van der Waals surface area contributed by atoms with E-state index in [0.717, 1.165) is 5.56 Å². The molecular formula is C15H16ClN5O2. The van der Waals surface area contributed by atoms with E-state index in [1.54, 1.807) is 12.1 Å². The van der Waals surface area contributed by atoms with Crippen molar-refractivity contribution in [1.29, 1.82) is 0 Å². The van der Waals surface area contributed by atoms with Crippen LogP contribution in [0.3, 0.4) is 0 Å². The zero-order valence-electron chi connectivity index (χ0n) is 12.8. The number of aryl methyl sites for hydroxylation is 2. The molecule has 1 atom stereocenters. The van der Waals surface area contributed by atoms with Gasteiger partial charge in [-0.15, -0.1) is 0 Å². The first-order valence-corrected chi connectivity index (χ1v) is 7.68. The average Bonchev–Trinajstić information content (AvgIpc) is 3.01. The van der Waals surface area contributed by atoms with Crippen molar-refractivity contribution in [2.24, 2.45) is 0 Å². The fourth-order valence-electron chi connectivity index (χ4n) is 2.40. The van der Waals surface area contributed by atoms with Gasteiger partial charge in [0.25, 0.3) is 5.91 Å². The van der Waals surface area contributed by atoms with Crippen LogP contribution in [0, 0.1) is 6.92 Å². The third-order valence-electron chi connectivity index (χ3n) is 3.60. The van der Waals surface area contributed by atoms with Gasteiger partial charge in [-0.2, -0.15) is 10.1 Å². The summed E-state index contributed by atoms with van der Waals surface area (Å²) in [7, 11) is 0. The third kappa shape index (κ3) is 3.05. The number of carbonyl (C=O) groups excluding carboxylic acids is 2. The SMILES string of the molecule is CCc1nc2n(n1)[C@@H](CC(=O)Nc1ccc(C)cc1Cl)C(=O)N2. The van der Waals surface area contributed by atoms with Crippen LogP contribution in [0.4, 0.5) is 11.6 Å². The molecule has 2 N–H and O–H groups in total. The summed E-state index contributed by atoms with van der Waals surface area (Å²) in [4.78, 5) is 28.4. The molecule has 0 bridgehead atoms. The monoisotopic (exact) mass is 333 g/mol. The van der Waals surface area contributed by atoms with E-state index in [0.29, 0.717) is 28.9 Å². The van der Waals surface area contributed by atoms with Crippen molar-refractivity contribution < 1.29 is 9.59 Å². The molecule has 0 spiro atoms. The maximum atomic E-state index is 12.2. The number of carbonyl (C=O) groups is 2. The molecule has 120 valence electrons. The lowest BCUT2D eigenvalue weighted by molar-refractivity contribution is -0.123. The summed E-state index contributed by atoms with van der Waals surface area (Å²) < 4.78 is 1.47. The first-order valence-electron chi connectivity index (χ1n) is 7.30. The number of anilines is 2. The van der Waals surface area contributed by atoms with Gasteiger partial charge in [-0.05, 0) is 24.6 Å². The van der Waals surface area contributed by atoms with Crippen LogP contribution in [0.2, 0.25) is 5.02 Å². The highest BCUT2D eigenvalue weighted by Crippen LogP contribution is 2.27. The first-order chi connectivity index (χ1) is 11.0. The van der Waals surface area contributed by atoms with Gasteiger partial charge in [-0.1, -0.05) is 24.6 Å². The molecule has 1 aromatic carbocycles. The second kappa shape index (κ2) is 6.00. The summed E-state index contributed by atoms with van der Waals surface area (Å²) in [5.41, 5.74) is 1.52. The Balaban J connectivity index is 1.73. The molecule has 0 fully saturated rings. The van der Waals surface area contributed by atoms with Crippen LogP contribution in [0.1, 0.15) is 30.8 Å². The zero-order valence-corrected chi connectivity index (χ0v) is 13.5. The molecule has 0 aliphatic carbocycles. The second-order valence-electron chi connectivity index (χ2n) is 5.39. The van der Waals surface area contributed by atoms with Gasteiger partial charge < -0.3 is 5.32 Å². The molecule has 1 aliphatic heterocycles. The highest BCUT2D eigenvalue weighted by molar-refractivity contribution is 6.33. The summed E-state index contributed by atoms with van der Waals surface area (Å²) in [5.74, 6) is 0.426. The van der Waals surface area contributed by atoms with Crippen LogP contribution in [0.15, 0.2) is 18.2 Å². The molecule has 0 unspecified atom stereocenters. The molecule has 0 radical (unpaired) electrons. The topological polar surface area (TPSA) is 88.9 Å². The van der Waals surface area contributed by atoms with Gasteiger partial charge >= 0.3 is 0 Å². The van der Waals surface area contributed by atoms with E-state index in [4.69, 9.17) is 11.6 Å². The number of hydrogen-bond donors (Lipinski definition) is 2. The van der Waals surface area contributed by atoms with E-state index < -0.39 is 6.04 Å². The fourth-order valence-corrected chi connectivity index (χ4v) is 2.68. The minimum absolute atomic E-state index is 0.0322. The van der Waals surface area contributed by atoms with Gasteiger partial charge in [-0.3, -0.25) is 14.9 Å². The molecule has 0 saturated carbocycles. The van der Waals surface area contributed by atoms with Crippen LogP contribution < -0.4 is 10.6 Å². The Morgan fingerprint density at radius 3 is 2.96 bits per heavy atom. The quantitative estimate of drug-likeness (QED) is 0.898. The summed E-state index contributed by atoms with van der Waals surface area (Å²) in [5, 5.41) is 10.1. The Kier molecular flexibility index (Phi) is 4.04. The van der Waals surface area contributed by atoms with Crippen molar-refractivity contribution in [2.75, 3.05) is 10.6 Å². The van der Waals surface area contributed by atoms with Crippen molar-refractivity contribution in [3.63, 3.8) is 0 Å². The zero-order chi connectivity index (χ0) is 16.6. The lowest BCUT2D eigenvalue weighted by atomic mass is 10.2. The predicted molar refractivity (Wildman–Crippen MR) is 86.5 cm³/mol. The molecule has 3 rings (SSSR count). The smallest absolute Gasteiger partial charge is 0.252 e.